The Labute approximate surface area is 105 Å². The molecule has 2 N–H and O–H groups in total. The van der Waals surface area contributed by atoms with Gasteiger partial charge in [0.1, 0.15) is 0 Å². The maximum absolute atomic E-state index is 5.71. The van der Waals surface area contributed by atoms with E-state index in [0.29, 0.717) is 5.41 Å². The molecule has 0 radical (unpaired) electrons. The van der Waals surface area contributed by atoms with Gasteiger partial charge in [0.2, 0.25) is 0 Å². The molecule has 1 saturated heterocycles. The number of hydrogen-bond acceptors (Lipinski definition) is 2. The van der Waals surface area contributed by atoms with Gasteiger partial charge in [-0.3, -0.25) is 4.90 Å². The van der Waals surface area contributed by atoms with Crippen LogP contribution in [-0.2, 0) is 6.54 Å². The van der Waals surface area contributed by atoms with Crippen LogP contribution in [0.1, 0.15) is 38.7 Å². The van der Waals surface area contributed by atoms with Gasteiger partial charge in [-0.2, -0.15) is 0 Å². The zero-order valence-corrected chi connectivity index (χ0v) is 11.1. The molecule has 0 saturated carbocycles. The molecule has 2 nitrogen and oxygen atoms in total. The Hall–Kier alpha value is -1.02. The van der Waals surface area contributed by atoms with Gasteiger partial charge < -0.3 is 5.73 Å². The first kappa shape index (κ1) is 12.4. The van der Waals surface area contributed by atoms with Crippen LogP contribution in [0.15, 0.2) is 24.3 Å². The molecule has 1 aliphatic rings. The van der Waals surface area contributed by atoms with Crippen molar-refractivity contribution in [1.82, 2.24) is 4.90 Å². The first-order chi connectivity index (χ1) is 8.05. The number of rotatable bonds is 2. The summed E-state index contributed by atoms with van der Waals surface area (Å²) in [4.78, 5) is 2.57. The number of likely N-dealkylation sites (tertiary alicyclic amines) is 1. The van der Waals surface area contributed by atoms with Crippen LogP contribution in [0.5, 0.6) is 0 Å². The zero-order chi connectivity index (χ0) is 12.3. The van der Waals surface area contributed by atoms with Gasteiger partial charge in [-0.1, -0.05) is 26.0 Å². The third-order valence-electron chi connectivity index (χ3n) is 3.82. The highest BCUT2D eigenvalue weighted by Crippen LogP contribution is 2.30. The highest BCUT2D eigenvalue weighted by molar-refractivity contribution is 5.39. The van der Waals surface area contributed by atoms with Gasteiger partial charge in [0.15, 0.2) is 0 Å². The molecule has 0 unspecified atom stereocenters. The van der Waals surface area contributed by atoms with E-state index in [1.165, 1.54) is 37.9 Å². The summed E-state index contributed by atoms with van der Waals surface area (Å²) in [6, 6.07) is 8.28. The van der Waals surface area contributed by atoms with Gasteiger partial charge in [0, 0.05) is 12.2 Å². The lowest BCUT2D eigenvalue weighted by Crippen LogP contribution is -2.25. The minimum atomic E-state index is 0.524. The summed E-state index contributed by atoms with van der Waals surface area (Å²) >= 11 is 0. The fourth-order valence-corrected chi connectivity index (χ4v) is 2.52. The van der Waals surface area contributed by atoms with E-state index in [1.807, 2.05) is 12.1 Å². The Kier molecular flexibility index (Phi) is 3.72. The Bertz CT molecular complexity index is 354. The lowest BCUT2D eigenvalue weighted by molar-refractivity contribution is 0.256. The highest BCUT2D eigenvalue weighted by atomic mass is 15.1. The molecular weight excluding hydrogens is 208 g/mol. The average molecular weight is 232 g/mol. The lowest BCUT2D eigenvalue weighted by Gasteiger charge is -2.23. The predicted octanol–water partition coefficient (Wildman–Crippen LogP) is 3.28. The van der Waals surface area contributed by atoms with E-state index < -0.39 is 0 Å². The summed E-state index contributed by atoms with van der Waals surface area (Å²) in [5.41, 5.74) is 8.46. The summed E-state index contributed by atoms with van der Waals surface area (Å²) in [6.07, 6.45) is 3.98. The first-order valence-corrected chi connectivity index (χ1v) is 6.62. The summed E-state index contributed by atoms with van der Waals surface area (Å²) in [5.74, 6) is 0. The molecule has 0 amide bonds. The third kappa shape index (κ3) is 3.74. The van der Waals surface area contributed by atoms with Gasteiger partial charge in [0.05, 0.1) is 0 Å². The number of nitrogens with two attached hydrogens (primary N) is 1. The minimum Gasteiger partial charge on any atom is -0.399 e. The number of nitrogens with zero attached hydrogens (tertiary/aromatic N) is 1. The van der Waals surface area contributed by atoms with Crippen molar-refractivity contribution in [2.75, 3.05) is 18.8 Å². The van der Waals surface area contributed by atoms with E-state index in [9.17, 15) is 0 Å². The standard InChI is InChI=1S/C15H24N2/c1-15(2)8-3-10-17(11-9-15)12-13-4-6-14(16)7-5-13/h4-7H,3,8-12,16H2,1-2H3. The van der Waals surface area contributed by atoms with Crippen molar-refractivity contribution >= 4 is 5.69 Å². The second-order valence-corrected chi connectivity index (χ2v) is 6.04. The molecule has 0 aliphatic carbocycles. The molecule has 17 heavy (non-hydrogen) atoms. The number of anilines is 1. The van der Waals surface area contributed by atoms with Crippen LogP contribution < -0.4 is 5.73 Å². The van der Waals surface area contributed by atoms with Gasteiger partial charge in [-0.05, 0) is 55.5 Å². The van der Waals surface area contributed by atoms with Gasteiger partial charge >= 0.3 is 0 Å². The maximum atomic E-state index is 5.71. The summed E-state index contributed by atoms with van der Waals surface area (Å²) in [6.45, 7) is 8.29. The Morgan fingerprint density at radius 1 is 1.12 bits per heavy atom. The zero-order valence-electron chi connectivity index (χ0n) is 11.1. The Morgan fingerprint density at radius 3 is 2.53 bits per heavy atom. The number of nitrogen functional groups attached to an aromatic ring is 1. The van der Waals surface area contributed by atoms with Gasteiger partial charge in [-0.25, -0.2) is 0 Å². The van der Waals surface area contributed by atoms with E-state index in [0.717, 1.165) is 12.2 Å². The second-order valence-electron chi connectivity index (χ2n) is 6.04. The third-order valence-corrected chi connectivity index (χ3v) is 3.82. The van der Waals surface area contributed by atoms with Crippen LogP contribution in [-0.4, -0.2) is 18.0 Å². The quantitative estimate of drug-likeness (QED) is 0.793. The molecule has 94 valence electrons. The molecule has 0 spiro atoms. The summed E-state index contributed by atoms with van der Waals surface area (Å²) in [7, 11) is 0. The van der Waals surface area contributed by atoms with Crippen molar-refractivity contribution in [2.24, 2.45) is 5.41 Å². The molecule has 0 bridgehead atoms. The average Bonchev–Trinajstić information content (AvgIpc) is 2.44. The van der Waals surface area contributed by atoms with Crippen LogP contribution in [0.25, 0.3) is 0 Å². The fraction of sp³-hybridized carbons (Fsp3) is 0.600. The second kappa shape index (κ2) is 5.09. The maximum Gasteiger partial charge on any atom is 0.0314 e. The molecule has 1 aromatic rings. The molecule has 2 rings (SSSR count). The predicted molar refractivity (Wildman–Crippen MR) is 73.8 cm³/mol. The molecule has 1 heterocycles. The number of benzene rings is 1. The monoisotopic (exact) mass is 232 g/mol. The van der Waals surface area contributed by atoms with E-state index in [4.69, 9.17) is 5.73 Å². The largest absolute Gasteiger partial charge is 0.399 e. The summed E-state index contributed by atoms with van der Waals surface area (Å²) < 4.78 is 0. The SMILES string of the molecule is CC1(C)CCCN(Cc2ccc(N)cc2)CC1. The molecule has 2 heteroatoms. The van der Waals surface area contributed by atoms with Gasteiger partial charge in [-0.15, -0.1) is 0 Å². The van der Waals surface area contributed by atoms with E-state index in [1.54, 1.807) is 0 Å². The van der Waals surface area contributed by atoms with Crippen molar-refractivity contribution in [3.8, 4) is 0 Å². The normalized spacial score (nSPS) is 21.1. The molecule has 0 atom stereocenters. The van der Waals surface area contributed by atoms with Crippen molar-refractivity contribution in [2.45, 2.75) is 39.7 Å². The van der Waals surface area contributed by atoms with Crippen molar-refractivity contribution in [1.29, 1.82) is 0 Å². The van der Waals surface area contributed by atoms with Crippen LogP contribution in [0.3, 0.4) is 0 Å². The smallest absolute Gasteiger partial charge is 0.0314 e. The van der Waals surface area contributed by atoms with Crippen LogP contribution >= 0.6 is 0 Å². The van der Waals surface area contributed by atoms with Crippen molar-refractivity contribution < 1.29 is 0 Å². The summed E-state index contributed by atoms with van der Waals surface area (Å²) in [5, 5.41) is 0. The molecule has 0 aromatic heterocycles. The fourth-order valence-electron chi connectivity index (χ4n) is 2.52. The molecule has 1 fully saturated rings. The Morgan fingerprint density at radius 2 is 1.82 bits per heavy atom. The van der Waals surface area contributed by atoms with Gasteiger partial charge in [0.25, 0.3) is 0 Å². The number of hydrogen-bond donors (Lipinski definition) is 1. The van der Waals surface area contributed by atoms with Crippen LogP contribution in [0.2, 0.25) is 0 Å². The topological polar surface area (TPSA) is 29.3 Å². The van der Waals surface area contributed by atoms with Crippen LogP contribution in [0, 0.1) is 5.41 Å². The van der Waals surface area contributed by atoms with E-state index in [-0.39, 0.29) is 0 Å². The van der Waals surface area contributed by atoms with Crippen LogP contribution in [0.4, 0.5) is 5.69 Å². The minimum absolute atomic E-state index is 0.524. The van der Waals surface area contributed by atoms with E-state index in [2.05, 4.69) is 30.9 Å². The molecular formula is C15H24N2. The van der Waals surface area contributed by atoms with Crippen molar-refractivity contribution in [3.05, 3.63) is 29.8 Å². The van der Waals surface area contributed by atoms with E-state index >= 15 is 0 Å². The highest BCUT2D eigenvalue weighted by Gasteiger charge is 2.22. The Balaban J connectivity index is 1.93. The lowest BCUT2D eigenvalue weighted by atomic mass is 9.85. The molecule has 1 aromatic carbocycles. The first-order valence-electron chi connectivity index (χ1n) is 6.62. The molecule has 1 aliphatic heterocycles. The van der Waals surface area contributed by atoms with Crippen molar-refractivity contribution in [3.63, 3.8) is 0 Å².